The number of hydrogen-bond acceptors (Lipinski definition) is 7. The Balaban J connectivity index is 1.52. The van der Waals surface area contributed by atoms with Crippen molar-refractivity contribution in [1.29, 1.82) is 0 Å². The number of hydrogen-bond donors (Lipinski definition) is 1. The Morgan fingerprint density at radius 2 is 1.79 bits per heavy atom. The third kappa shape index (κ3) is 4.09. The number of allylic oxidation sites excluding steroid dienone is 1. The summed E-state index contributed by atoms with van der Waals surface area (Å²) < 4.78 is 20.5. The maximum atomic E-state index is 15.0. The van der Waals surface area contributed by atoms with Gasteiger partial charge in [-0.1, -0.05) is 64.1 Å². The number of fused-ring (bicyclic) bond motifs is 3. The van der Waals surface area contributed by atoms with Gasteiger partial charge in [0, 0.05) is 18.5 Å². The fourth-order valence-corrected chi connectivity index (χ4v) is 8.28. The molecule has 230 valence electrons. The number of carbonyl (C=O) groups is 2. The number of esters is 1. The second kappa shape index (κ2) is 9.71. The molecule has 2 aromatic rings. The molecule has 0 radical (unpaired) electrons. The maximum Gasteiger partial charge on any atom is 0.357 e. The summed E-state index contributed by atoms with van der Waals surface area (Å²) in [6, 6.07) is 7.79. The molecule has 1 saturated carbocycles. The monoisotopic (exact) mass is 588 g/mol. The predicted octanol–water partition coefficient (Wildman–Crippen LogP) is 5.58. The fourth-order valence-electron chi connectivity index (χ4n) is 8.28. The van der Waals surface area contributed by atoms with Crippen molar-refractivity contribution in [3.05, 3.63) is 65.0 Å². The van der Waals surface area contributed by atoms with Gasteiger partial charge in [-0.15, -0.1) is 0 Å². The lowest BCUT2D eigenvalue weighted by atomic mass is 9.59. The largest absolute Gasteiger partial charge is 0.450 e. The van der Waals surface area contributed by atoms with E-state index in [0.29, 0.717) is 16.7 Å². The average Bonchev–Trinajstić information content (AvgIpc) is 3.39. The van der Waals surface area contributed by atoms with Crippen LogP contribution in [0.15, 0.2) is 53.8 Å². The first-order valence-electron chi connectivity index (χ1n) is 15.3. The fraction of sp³-hybridized carbons (Fsp3) is 0.571. The second-order valence-electron chi connectivity index (χ2n) is 14.3. The zero-order valence-corrected chi connectivity index (χ0v) is 26.7. The molecule has 0 amide bonds. The molecule has 43 heavy (non-hydrogen) atoms. The summed E-state index contributed by atoms with van der Waals surface area (Å²) in [6.45, 7) is 16.1. The molecule has 8 nitrogen and oxygen atoms in total. The van der Waals surface area contributed by atoms with Crippen LogP contribution in [0.4, 0.5) is 0 Å². The molecule has 6 rings (SSSR count). The standard InChI is InChI=1S/C35H44N2O6/c1-19-12-10-11-13-24(19)25-17-36-37(9)27(25)31(39)42-29-20(2)16-34-22(4)14-21(3)32(5,6)26(28(34)38)15-23-18-41-33(7,8)43-30(23)35(29,34)40/h10-13,15-17,21-22,26,29-30,40H,14,18H2,1-9H3/t21-,22?,26+,29-,30+,34?,35+/m0/s1. The van der Waals surface area contributed by atoms with Crippen molar-refractivity contribution in [3.63, 3.8) is 0 Å². The second-order valence-corrected chi connectivity index (χ2v) is 14.3. The van der Waals surface area contributed by atoms with E-state index < -0.39 is 40.9 Å². The molecule has 1 spiro atoms. The van der Waals surface area contributed by atoms with Crippen LogP contribution in [0, 0.1) is 35.5 Å². The van der Waals surface area contributed by atoms with Gasteiger partial charge < -0.3 is 19.3 Å². The molecule has 2 heterocycles. The minimum Gasteiger partial charge on any atom is -0.450 e. The van der Waals surface area contributed by atoms with Crippen LogP contribution in [0.5, 0.6) is 0 Å². The van der Waals surface area contributed by atoms with Gasteiger partial charge >= 0.3 is 5.97 Å². The van der Waals surface area contributed by atoms with Crippen molar-refractivity contribution in [3.8, 4) is 11.1 Å². The van der Waals surface area contributed by atoms with E-state index in [9.17, 15) is 14.7 Å². The van der Waals surface area contributed by atoms with Crippen LogP contribution in [-0.4, -0.2) is 56.8 Å². The van der Waals surface area contributed by atoms with Gasteiger partial charge in [-0.2, -0.15) is 5.10 Å². The van der Waals surface area contributed by atoms with E-state index in [1.165, 1.54) is 4.68 Å². The number of rotatable bonds is 3. The van der Waals surface area contributed by atoms with Gasteiger partial charge in [-0.05, 0) is 73.6 Å². The van der Waals surface area contributed by atoms with Gasteiger partial charge in [0.15, 0.2) is 29.0 Å². The van der Waals surface area contributed by atoms with Crippen molar-refractivity contribution in [2.75, 3.05) is 6.61 Å². The lowest BCUT2D eigenvalue weighted by Gasteiger charge is -2.52. The Hall–Kier alpha value is -3.07. The van der Waals surface area contributed by atoms with Crippen LogP contribution >= 0.6 is 0 Å². The Labute approximate surface area is 254 Å². The maximum absolute atomic E-state index is 15.0. The van der Waals surface area contributed by atoms with Gasteiger partial charge in [-0.3, -0.25) is 9.48 Å². The third-order valence-electron chi connectivity index (χ3n) is 11.1. The molecule has 2 unspecified atom stereocenters. The normalized spacial score (nSPS) is 36.0. The molecule has 1 N–H and O–H groups in total. The highest BCUT2D eigenvalue weighted by molar-refractivity contribution is 5.98. The number of Topliss-reactive ketones (excluding diaryl/α,β-unsaturated/α-hetero) is 1. The summed E-state index contributed by atoms with van der Waals surface area (Å²) in [7, 11) is 1.70. The molecule has 7 atom stereocenters. The molecule has 1 saturated heterocycles. The van der Waals surface area contributed by atoms with Gasteiger partial charge in [-0.25, -0.2) is 4.79 Å². The van der Waals surface area contributed by atoms with E-state index in [1.807, 2.05) is 57.2 Å². The lowest BCUT2D eigenvalue weighted by molar-refractivity contribution is -0.302. The molecule has 1 aromatic carbocycles. The Morgan fingerprint density at radius 1 is 1.09 bits per heavy atom. The van der Waals surface area contributed by atoms with Gasteiger partial charge in [0.2, 0.25) is 0 Å². The Kier molecular flexibility index (Phi) is 6.77. The zero-order valence-electron chi connectivity index (χ0n) is 26.7. The third-order valence-corrected chi connectivity index (χ3v) is 11.1. The summed E-state index contributed by atoms with van der Waals surface area (Å²) in [5.74, 6) is -2.23. The first-order valence-corrected chi connectivity index (χ1v) is 15.3. The molecule has 1 aromatic heterocycles. The van der Waals surface area contributed by atoms with Crippen molar-refractivity contribution < 1.29 is 28.9 Å². The number of carbonyl (C=O) groups excluding carboxylic acids is 2. The number of ketones is 1. The van der Waals surface area contributed by atoms with Crippen LogP contribution in [-0.2, 0) is 26.1 Å². The van der Waals surface area contributed by atoms with Gasteiger partial charge in [0.05, 0.1) is 18.2 Å². The molecule has 8 heteroatoms. The molecular weight excluding hydrogens is 544 g/mol. The molecule has 1 aliphatic heterocycles. The highest BCUT2D eigenvalue weighted by Gasteiger charge is 2.74. The van der Waals surface area contributed by atoms with Gasteiger partial charge in [0.1, 0.15) is 6.10 Å². The van der Waals surface area contributed by atoms with Crippen LogP contribution in [0.3, 0.4) is 0 Å². The minimum atomic E-state index is -1.90. The van der Waals surface area contributed by atoms with Gasteiger partial charge in [0.25, 0.3) is 0 Å². The summed E-state index contributed by atoms with van der Waals surface area (Å²) in [5, 5.41) is 17.7. The van der Waals surface area contributed by atoms with Crippen LogP contribution in [0.2, 0.25) is 0 Å². The molecular formula is C35H44N2O6. The van der Waals surface area contributed by atoms with E-state index in [0.717, 1.165) is 17.5 Å². The molecule has 2 bridgehead atoms. The van der Waals surface area contributed by atoms with E-state index in [4.69, 9.17) is 14.2 Å². The lowest BCUT2D eigenvalue weighted by Crippen LogP contribution is -2.68. The highest BCUT2D eigenvalue weighted by atomic mass is 16.7. The van der Waals surface area contributed by atoms with E-state index in [-0.39, 0.29) is 35.3 Å². The average molecular weight is 589 g/mol. The van der Waals surface area contributed by atoms with E-state index in [2.05, 4.69) is 25.9 Å². The van der Waals surface area contributed by atoms with Crippen molar-refractivity contribution in [1.82, 2.24) is 9.78 Å². The number of nitrogens with zero attached hydrogens (tertiary/aromatic N) is 2. The van der Waals surface area contributed by atoms with Crippen molar-refractivity contribution in [2.24, 2.45) is 35.6 Å². The minimum absolute atomic E-state index is 0.0563. The van der Waals surface area contributed by atoms with Crippen molar-refractivity contribution in [2.45, 2.75) is 85.4 Å². The number of ether oxygens (including phenoxy) is 3. The summed E-state index contributed by atoms with van der Waals surface area (Å²) in [6.07, 6.45) is 4.20. The summed E-state index contributed by atoms with van der Waals surface area (Å²) in [4.78, 5) is 29.2. The van der Waals surface area contributed by atoms with Crippen molar-refractivity contribution >= 4 is 11.8 Å². The zero-order chi connectivity index (χ0) is 31.3. The van der Waals surface area contributed by atoms with Crippen LogP contribution < -0.4 is 0 Å². The molecule has 4 aliphatic rings. The van der Waals surface area contributed by atoms with E-state index in [1.54, 1.807) is 27.1 Å². The number of benzene rings is 1. The summed E-state index contributed by atoms with van der Waals surface area (Å²) in [5.41, 5.74) is 0.524. The summed E-state index contributed by atoms with van der Waals surface area (Å²) >= 11 is 0. The topological polar surface area (TPSA) is 99.9 Å². The molecule has 3 aliphatic carbocycles. The quantitative estimate of drug-likeness (QED) is 0.369. The highest BCUT2D eigenvalue weighted by Crippen LogP contribution is 2.64. The van der Waals surface area contributed by atoms with Crippen LogP contribution in [0.1, 0.15) is 70.9 Å². The Morgan fingerprint density at radius 3 is 2.49 bits per heavy atom. The number of aromatic nitrogens is 2. The smallest absolute Gasteiger partial charge is 0.357 e. The SMILES string of the molecule is CC1=CC23C(=O)[C@@H](C=C4COC(C)(C)O[C@H]4[C@]2(O)[C@H]1OC(=O)c1c(-c2ccccc2C)cnn1C)C(C)(C)[C@@H](C)CC3C. The van der Waals surface area contributed by atoms with E-state index >= 15 is 0 Å². The number of aliphatic hydroxyl groups is 1. The number of aryl methyl sites for hydroxylation is 2. The van der Waals surface area contributed by atoms with Crippen LogP contribution in [0.25, 0.3) is 11.1 Å². The predicted molar refractivity (Wildman–Crippen MR) is 162 cm³/mol. The Bertz CT molecular complexity index is 1570. The first-order chi connectivity index (χ1) is 20.1. The molecule has 2 fully saturated rings. The first kappa shape index (κ1) is 30.0.